The Labute approximate surface area is 200 Å². The van der Waals surface area contributed by atoms with E-state index in [9.17, 15) is 14.0 Å². The molecule has 0 spiro atoms. The topological polar surface area (TPSA) is 45.6 Å². The lowest BCUT2D eigenvalue weighted by atomic mass is 10.1. The Morgan fingerprint density at radius 2 is 1.71 bits per heavy atom. The van der Waals surface area contributed by atoms with Gasteiger partial charge in [0.1, 0.15) is 12.4 Å². The first-order valence-corrected chi connectivity index (χ1v) is 11.9. The fourth-order valence-electron chi connectivity index (χ4n) is 4.23. The molecule has 1 heterocycles. The van der Waals surface area contributed by atoms with Crippen LogP contribution in [0.3, 0.4) is 0 Å². The number of rotatable bonds is 10. The van der Waals surface area contributed by atoms with Gasteiger partial charge in [-0.1, -0.05) is 56.3 Å². The third-order valence-corrected chi connectivity index (χ3v) is 6.06. The lowest BCUT2D eigenvalue weighted by Crippen LogP contribution is -2.45. The molecule has 0 saturated heterocycles. The van der Waals surface area contributed by atoms with Gasteiger partial charge in [-0.15, -0.1) is 0 Å². The van der Waals surface area contributed by atoms with Crippen LogP contribution in [0.25, 0.3) is 0 Å². The third kappa shape index (κ3) is 5.93. The first-order valence-electron chi connectivity index (χ1n) is 11.9. The summed E-state index contributed by atoms with van der Waals surface area (Å²) in [5, 5.41) is 0. The number of hydrogen-bond donors (Lipinski definition) is 0. The Balaban J connectivity index is 1.50. The molecule has 34 heavy (non-hydrogen) atoms. The molecule has 6 heteroatoms. The van der Waals surface area contributed by atoms with Gasteiger partial charge in [0.2, 0.25) is 5.91 Å². The highest BCUT2D eigenvalue weighted by molar-refractivity contribution is 5.96. The van der Waals surface area contributed by atoms with Crippen molar-refractivity contribution in [2.24, 2.45) is 5.92 Å². The van der Waals surface area contributed by atoms with Gasteiger partial charge in [0.05, 0.1) is 12.1 Å². The second kappa shape index (κ2) is 10.7. The summed E-state index contributed by atoms with van der Waals surface area (Å²) in [5.74, 6) is -0.948. The van der Waals surface area contributed by atoms with Crippen LogP contribution in [0.1, 0.15) is 48.3 Å². The molecule has 3 aromatic rings. The van der Waals surface area contributed by atoms with Gasteiger partial charge in [-0.25, -0.2) is 4.39 Å². The summed E-state index contributed by atoms with van der Waals surface area (Å²) < 4.78 is 16.5. The van der Waals surface area contributed by atoms with Crippen LogP contribution in [0.4, 0.5) is 4.39 Å². The minimum absolute atomic E-state index is 0.00524. The molecular formula is C28H32FN3O2. The number of aromatic nitrogens is 1. The molecule has 2 aromatic carbocycles. The van der Waals surface area contributed by atoms with Gasteiger partial charge < -0.3 is 14.4 Å². The average Bonchev–Trinajstić information content (AvgIpc) is 3.57. The molecule has 178 valence electrons. The van der Waals surface area contributed by atoms with Gasteiger partial charge in [0.15, 0.2) is 0 Å². The van der Waals surface area contributed by atoms with Crippen molar-refractivity contribution in [1.82, 2.24) is 14.4 Å². The van der Waals surface area contributed by atoms with Gasteiger partial charge in [0, 0.05) is 31.0 Å². The van der Waals surface area contributed by atoms with E-state index in [1.54, 1.807) is 12.1 Å². The van der Waals surface area contributed by atoms with Gasteiger partial charge >= 0.3 is 0 Å². The Kier molecular flexibility index (Phi) is 7.46. The molecule has 0 radical (unpaired) electrons. The first kappa shape index (κ1) is 23.7. The van der Waals surface area contributed by atoms with Crippen molar-refractivity contribution in [2.75, 3.05) is 13.1 Å². The van der Waals surface area contributed by atoms with Crippen molar-refractivity contribution in [3.8, 4) is 0 Å². The monoisotopic (exact) mass is 461 g/mol. The number of carbonyl (C=O) groups is 2. The Morgan fingerprint density at radius 1 is 1.00 bits per heavy atom. The summed E-state index contributed by atoms with van der Waals surface area (Å²) in [6, 6.07) is 20.4. The molecule has 0 unspecified atom stereocenters. The summed E-state index contributed by atoms with van der Waals surface area (Å²) >= 11 is 0. The Hall–Kier alpha value is -3.41. The standard InChI is InChI=1S/C28H32FN3O2/c1-21(2)17-31(28(34)25-12-6-7-13-26(25)29)20-27(33)32(23-14-15-23)19-24-11-8-16-30(24)18-22-9-4-3-5-10-22/h3-13,16,21,23H,14-15,17-20H2,1-2H3. The number of nitrogens with zero attached hydrogens (tertiary/aromatic N) is 3. The molecule has 1 aliphatic carbocycles. The summed E-state index contributed by atoms with van der Waals surface area (Å²) in [4.78, 5) is 30.0. The van der Waals surface area contributed by atoms with E-state index in [4.69, 9.17) is 0 Å². The van der Waals surface area contributed by atoms with Gasteiger partial charge in [0.25, 0.3) is 5.91 Å². The molecule has 5 nitrogen and oxygen atoms in total. The number of benzene rings is 2. The Morgan fingerprint density at radius 3 is 2.38 bits per heavy atom. The highest BCUT2D eigenvalue weighted by Gasteiger charge is 2.34. The molecule has 0 N–H and O–H groups in total. The predicted octanol–water partition coefficient (Wildman–Crippen LogP) is 4.96. The van der Waals surface area contributed by atoms with Crippen LogP contribution in [-0.2, 0) is 17.9 Å². The predicted molar refractivity (Wildman–Crippen MR) is 131 cm³/mol. The summed E-state index contributed by atoms with van der Waals surface area (Å²) in [5.41, 5.74) is 2.26. The summed E-state index contributed by atoms with van der Waals surface area (Å²) in [6.45, 7) is 5.54. The van der Waals surface area contributed by atoms with E-state index in [0.717, 1.165) is 25.1 Å². The maximum absolute atomic E-state index is 14.3. The molecule has 2 amide bonds. The molecule has 0 aliphatic heterocycles. The largest absolute Gasteiger partial charge is 0.345 e. The minimum atomic E-state index is -0.563. The molecule has 1 fully saturated rings. The van der Waals surface area contributed by atoms with E-state index >= 15 is 0 Å². The molecule has 1 aliphatic rings. The summed E-state index contributed by atoms with van der Waals surface area (Å²) in [7, 11) is 0. The first-order chi connectivity index (χ1) is 16.4. The van der Waals surface area contributed by atoms with Crippen molar-refractivity contribution in [1.29, 1.82) is 0 Å². The molecule has 1 saturated carbocycles. The average molecular weight is 462 g/mol. The molecule has 0 bridgehead atoms. The zero-order chi connectivity index (χ0) is 24.1. The van der Waals surface area contributed by atoms with E-state index < -0.39 is 11.7 Å². The maximum atomic E-state index is 14.3. The number of amides is 2. The smallest absolute Gasteiger partial charge is 0.257 e. The fourth-order valence-corrected chi connectivity index (χ4v) is 4.23. The number of halogens is 1. The van der Waals surface area contributed by atoms with Crippen molar-refractivity contribution in [3.05, 3.63) is 95.6 Å². The molecule has 0 atom stereocenters. The normalized spacial score (nSPS) is 13.2. The zero-order valence-electron chi connectivity index (χ0n) is 19.9. The zero-order valence-corrected chi connectivity index (χ0v) is 19.9. The van der Waals surface area contributed by atoms with Crippen LogP contribution < -0.4 is 0 Å². The van der Waals surface area contributed by atoms with E-state index in [1.165, 1.54) is 22.6 Å². The van der Waals surface area contributed by atoms with Crippen LogP contribution in [0.5, 0.6) is 0 Å². The van der Waals surface area contributed by atoms with Crippen LogP contribution >= 0.6 is 0 Å². The van der Waals surface area contributed by atoms with Gasteiger partial charge in [-0.3, -0.25) is 9.59 Å². The van der Waals surface area contributed by atoms with Crippen molar-refractivity contribution in [2.45, 2.75) is 45.8 Å². The van der Waals surface area contributed by atoms with Crippen LogP contribution in [0.15, 0.2) is 72.9 Å². The minimum Gasteiger partial charge on any atom is -0.345 e. The maximum Gasteiger partial charge on any atom is 0.257 e. The third-order valence-electron chi connectivity index (χ3n) is 6.06. The van der Waals surface area contributed by atoms with Crippen molar-refractivity contribution < 1.29 is 14.0 Å². The molecule has 1 aromatic heterocycles. The second-order valence-electron chi connectivity index (χ2n) is 9.43. The van der Waals surface area contributed by atoms with Crippen LogP contribution in [0.2, 0.25) is 0 Å². The fraction of sp³-hybridized carbons (Fsp3) is 0.357. The van der Waals surface area contributed by atoms with Crippen molar-refractivity contribution >= 4 is 11.8 Å². The van der Waals surface area contributed by atoms with E-state index in [1.807, 2.05) is 55.3 Å². The lowest BCUT2D eigenvalue weighted by Gasteiger charge is -2.29. The van der Waals surface area contributed by atoms with Gasteiger partial charge in [-0.05, 0) is 48.6 Å². The number of hydrogen-bond acceptors (Lipinski definition) is 2. The summed E-state index contributed by atoms with van der Waals surface area (Å²) in [6.07, 6.45) is 3.97. The molecule has 4 rings (SSSR count). The SMILES string of the molecule is CC(C)CN(CC(=O)N(Cc1cccn1Cc1ccccc1)C1CC1)C(=O)c1ccccc1F. The second-order valence-corrected chi connectivity index (χ2v) is 9.43. The van der Waals surface area contributed by atoms with Crippen LogP contribution in [-0.4, -0.2) is 45.3 Å². The Bertz CT molecular complexity index is 1120. The van der Waals surface area contributed by atoms with E-state index in [0.29, 0.717) is 13.1 Å². The van der Waals surface area contributed by atoms with E-state index in [2.05, 4.69) is 16.7 Å². The lowest BCUT2D eigenvalue weighted by molar-refractivity contribution is -0.133. The quantitative estimate of drug-likeness (QED) is 0.428. The van der Waals surface area contributed by atoms with Crippen LogP contribution in [0, 0.1) is 11.7 Å². The van der Waals surface area contributed by atoms with Crippen molar-refractivity contribution in [3.63, 3.8) is 0 Å². The van der Waals surface area contributed by atoms with E-state index in [-0.39, 0.29) is 30.0 Å². The number of carbonyl (C=O) groups excluding carboxylic acids is 2. The molecular weight excluding hydrogens is 429 g/mol. The highest BCUT2D eigenvalue weighted by atomic mass is 19.1. The van der Waals surface area contributed by atoms with Gasteiger partial charge in [-0.2, -0.15) is 0 Å². The highest BCUT2D eigenvalue weighted by Crippen LogP contribution is 2.29.